The highest BCUT2D eigenvalue weighted by molar-refractivity contribution is 5.74. The maximum absolute atomic E-state index is 3.13. The number of anilines is 1. The van der Waals surface area contributed by atoms with Crippen LogP contribution in [0.4, 0.5) is 5.69 Å². The van der Waals surface area contributed by atoms with Gasteiger partial charge in [0.25, 0.3) is 0 Å². The first-order valence-electron chi connectivity index (χ1n) is 4.07. The molecule has 2 aliphatic rings. The second-order valence-corrected chi connectivity index (χ2v) is 2.82. The lowest BCUT2D eigenvalue weighted by Crippen LogP contribution is -1.81. The summed E-state index contributed by atoms with van der Waals surface area (Å²) in [6.45, 7) is 0. The molecule has 0 aromatic rings. The van der Waals surface area contributed by atoms with Crippen molar-refractivity contribution in [2.45, 2.75) is 0 Å². The topological polar surface area (TPSA) is 12.0 Å². The molecule has 0 aromatic carbocycles. The van der Waals surface area contributed by atoms with Crippen LogP contribution >= 0.6 is 0 Å². The van der Waals surface area contributed by atoms with Crippen LogP contribution in [0.1, 0.15) is 0 Å². The number of nitrogens with one attached hydrogen (secondary N) is 1. The molecule has 0 radical (unpaired) electrons. The Morgan fingerprint density at radius 1 is 0.917 bits per heavy atom. The molecule has 0 bridgehead atoms. The minimum atomic E-state index is 1.18. The zero-order valence-corrected chi connectivity index (χ0v) is 7.04. The molecule has 0 spiro atoms. The number of rotatable bonds is 1. The van der Waals surface area contributed by atoms with Gasteiger partial charge in [-0.2, -0.15) is 0 Å². The lowest BCUT2D eigenvalue weighted by Gasteiger charge is -1.87. The third-order valence-electron chi connectivity index (χ3n) is 2.02. The fraction of sp³-hybridized carbons (Fsp3) is 0.0909. The van der Waals surface area contributed by atoms with E-state index in [1.807, 2.05) is 13.1 Å². The number of fused-ring (bicyclic) bond motifs is 1. The van der Waals surface area contributed by atoms with Crippen molar-refractivity contribution in [1.82, 2.24) is 0 Å². The van der Waals surface area contributed by atoms with Crippen molar-refractivity contribution in [3.63, 3.8) is 0 Å². The predicted molar refractivity (Wildman–Crippen MR) is 52.6 cm³/mol. The minimum Gasteiger partial charge on any atom is -0.388 e. The largest absolute Gasteiger partial charge is 0.388 e. The highest BCUT2D eigenvalue weighted by Gasteiger charge is 2.01. The predicted octanol–water partition coefficient (Wildman–Crippen LogP) is 2.83. The first-order chi connectivity index (χ1) is 5.90. The molecular weight excluding hydrogens is 146 g/mol. The van der Waals surface area contributed by atoms with Gasteiger partial charge in [0.15, 0.2) is 0 Å². The van der Waals surface area contributed by atoms with Gasteiger partial charge in [0.2, 0.25) is 0 Å². The molecule has 0 heterocycles. The van der Waals surface area contributed by atoms with E-state index in [0.717, 1.165) is 0 Å². The highest BCUT2D eigenvalue weighted by Crippen LogP contribution is 2.27. The molecule has 12 heavy (non-hydrogen) atoms. The van der Waals surface area contributed by atoms with E-state index >= 15 is 0 Å². The molecule has 0 unspecified atom stereocenters. The lowest BCUT2D eigenvalue weighted by atomic mass is 10.2. The van der Waals surface area contributed by atoms with Crippen molar-refractivity contribution in [2.75, 3.05) is 12.4 Å². The van der Waals surface area contributed by atoms with Crippen molar-refractivity contribution < 1.29 is 0 Å². The van der Waals surface area contributed by atoms with Crippen LogP contribution in [-0.2, 0) is 0 Å². The number of hydrogen-bond donors (Lipinski definition) is 1. The van der Waals surface area contributed by atoms with Crippen molar-refractivity contribution in [1.29, 1.82) is 0 Å². The molecule has 60 valence electrons. The summed E-state index contributed by atoms with van der Waals surface area (Å²) in [6, 6.07) is 14.7. The molecule has 2 rings (SSSR count). The zero-order valence-electron chi connectivity index (χ0n) is 7.04. The van der Waals surface area contributed by atoms with E-state index in [-0.39, 0.29) is 0 Å². The summed E-state index contributed by atoms with van der Waals surface area (Å²) in [4.78, 5) is 0. The van der Waals surface area contributed by atoms with Gasteiger partial charge in [-0.3, -0.25) is 0 Å². The van der Waals surface area contributed by atoms with Gasteiger partial charge < -0.3 is 5.32 Å². The summed E-state index contributed by atoms with van der Waals surface area (Å²) in [6.07, 6.45) is 0. The van der Waals surface area contributed by atoms with Crippen molar-refractivity contribution in [3.05, 3.63) is 42.5 Å². The van der Waals surface area contributed by atoms with E-state index in [1.54, 1.807) is 0 Å². The van der Waals surface area contributed by atoms with Crippen LogP contribution in [-0.4, -0.2) is 7.05 Å². The Balaban J connectivity index is 2.61. The average molecular weight is 157 g/mol. The van der Waals surface area contributed by atoms with Crippen LogP contribution in [0.5, 0.6) is 0 Å². The van der Waals surface area contributed by atoms with Crippen molar-refractivity contribution in [3.8, 4) is 11.1 Å². The monoisotopic (exact) mass is 157 g/mol. The van der Waals surface area contributed by atoms with Gasteiger partial charge >= 0.3 is 0 Å². The van der Waals surface area contributed by atoms with E-state index in [1.165, 1.54) is 16.8 Å². The van der Waals surface area contributed by atoms with Gasteiger partial charge in [-0.05, 0) is 23.3 Å². The Labute approximate surface area is 72.4 Å². The van der Waals surface area contributed by atoms with Gasteiger partial charge in [0.05, 0.1) is 0 Å². The lowest BCUT2D eigenvalue weighted by molar-refractivity contribution is 1.56. The van der Waals surface area contributed by atoms with E-state index in [2.05, 4.69) is 41.7 Å². The summed E-state index contributed by atoms with van der Waals surface area (Å²) < 4.78 is 0. The molecular formula is C11H11N. The molecule has 1 nitrogen and oxygen atoms in total. The van der Waals surface area contributed by atoms with Crippen molar-refractivity contribution in [2.24, 2.45) is 0 Å². The van der Waals surface area contributed by atoms with E-state index in [0.29, 0.717) is 0 Å². The summed E-state index contributed by atoms with van der Waals surface area (Å²) in [5.74, 6) is 0. The van der Waals surface area contributed by atoms with Gasteiger partial charge in [0, 0.05) is 12.7 Å². The number of hydrogen-bond acceptors (Lipinski definition) is 1. The third-order valence-corrected chi connectivity index (χ3v) is 2.02. The SMILES string of the molecule is CNc1cc2cccccc-2c1. The molecule has 1 heteroatoms. The first kappa shape index (κ1) is 7.17. The molecule has 0 fully saturated rings. The summed E-state index contributed by atoms with van der Waals surface area (Å²) in [5, 5.41) is 3.13. The molecule has 0 aromatic heterocycles. The Bertz CT molecular complexity index is 323. The summed E-state index contributed by atoms with van der Waals surface area (Å²) in [5.41, 5.74) is 3.74. The summed E-state index contributed by atoms with van der Waals surface area (Å²) >= 11 is 0. The Morgan fingerprint density at radius 3 is 2.00 bits per heavy atom. The van der Waals surface area contributed by atoms with E-state index < -0.39 is 0 Å². The maximum atomic E-state index is 3.13. The second-order valence-electron chi connectivity index (χ2n) is 2.82. The molecule has 0 saturated heterocycles. The van der Waals surface area contributed by atoms with E-state index in [4.69, 9.17) is 0 Å². The quantitative estimate of drug-likeness (QED) is 0.671. The van der Waals surface area contributed by atoms with Crippen LogP contribution in [0.25, 0.3) is 11.1 Å². The molecule has 0 aliphatic heterocycles. The summed E-state index contributed by atoms with van der Waals surface area (Å²) in [7, 11) is 1.94. The molecule has 2 aliphatic carbocycles. The zero-order chi connectivity index (χ0) is 8.39. The third kappa shape index (κ3) is 1.14. The molecule has 0 amide bonds. The fourth-order valence-corrected chi connectivity index (χ4v) is 1.36. The van der Waals surface area contributed by atoms with Gasteiger partial charge in [-0.1, -0.05) is 30.3 Å². The normalized spacial score (nSPS) is 10.1. The first-order valence-corrected chi connectivity index (χ1v) is 4.07. The maximum Gasteiger partial charge on any atom is 0.0350 e. The van der Waals surface area contributed by atoms with Gasteiger partial charge in [0.1, 0.15) is 0 Å². The van der Waals surface area contributed by atoms with Crippen LogP contribution in [0.2, 0.25) is 0 Å². The Kier molecular flexibility index (Phi) is 1.71. The van der Waals surface area contributed by atoms with Crippen LogP contribution < -0.4 is 5.32 Å². The molecule has 1 N–H and O–H groups in total. The van der Waals surface area contributed by atoms with Crippen LogP contribution in [0.3, 0.4) is 0 Å². The van der Waals surface area contributed by atoms with E-state index in [9.17, 15) is 0 Å². The highest BCUT2D eigenvalue weighted by atomic mass is 14.8. The van der Waals surface area contributed by atoms with Gasteiger partial charge in [-0.15, -0.1) is 0 Å². The van der Waals surface area contributed by atoms with Crippen molar-refractivity contribution >= 4 is 5.69 Å². The standard InChI is InChI=1S/C11H11N/c1-12-11-7-9-5-3-2-4-6-10(9)8-11/h2-8,12H,1H3. The fourth-order valence-electron chi connectivity index (χ4n) is 1.36. The second kappa shape index (κ2) is 2.86. The van der Waals surface area contributed by atoms with Crippen LogP contribution in [0.15, 0.2) is 42.5 Å². The average Bonchev–Trinajstić information content (AvgIpc) is 2.37. The Hall–Kier alpha value is -1.50. The molecule has 0 saturated carbocycles. The van der Waals surface area contributed by atoms with Crippen LogP contribution in [0, 0.1) is 0 Å². The molecule has 0 atom stereocenters. The Morgan fingerprint density at radius 2 is 1.50 bits per heavy atom. The minimum absolute atomic E-state index is 1.18. The van der Waals surface area contributed by atoms with Gasteiger partial charge in [-0.25, -0.2) is 0 Å². The smallest absolute Gasteiger partial charge is 0.0350 e.